The number of nitrogens with one attached hydrogen (secondary N) is 1. The van der Waals surface area contributed by atoms with Crippen molar-refractivity contribution in [3.05, 3.63) is 5.82 Å². The first-order valence-corrected chi connectivity index (χ1v) is 7.25. The van der Waals surface area contributed by atoms with Gasteiger partial charge in [0.15, 0.2) is 0 Å². The first-order valence-electron chi connectivity index (χ1n) is 4.94. The van der Waals surface area contributed by atoms with Crippen molar-refractivity contribution in [3.8, 4) is 0 Å². The van der Waals surface area contributed by atoms with E-state index < -0.39 is 9.05 Å². The van der Waals surface area contributed by atoms with Crippen LogP contribution in [0.25, 0.3) is 0 Å². The van der Waals surface area contributed by atoms with Gasteiger partial charge in [-0.15, -0.1) is 5.10 Å². The Bertz CT molecular complexity index is 488. The smallest absolute Gasteiger partial charge is 0.262 e. The molecule has 1 aromatic heterocycles. The number of hydrogen-bond donors (Lipinski definition) is 1. The van der Waals surface area contributed by atoms with E-state index in [1.54, 1.807) is 0 Å². The van der Waals surface area contributed by atoms with Gasteiger partial charge < -0.3 is 0 Å². The zero-order valence-electron chi connectivity index (χ0n) is 7.85. The maximum Gasteiger partial charge on any atom is 0.298 e. The summed E-state index contributed by atoms with van der Waals surface area (Å²) in [7, 11) is 1.35. The summed E-state index contributed by atoms with van der Waals surface area (Å²) in [5.74, 6) is 2.44. The van der Waals surface area contributed by atoms with Crippen LogP contribution in [0.1, 0.15) is 31.0 Å². The zero-order valence-corrected chi connectivity index (χ0v) is 9.42. The molecule has 0 radical (unpaired) electrons. The molecule has 3 rings (SSSR count). The lowest BCUT2D eigenvalue weighted by atomic mass is 10.1. The van der Waals surface area contributed by atoms with Gasteiger partial charge in [0, 0.05) is 16.6 Å². The van der Waals surface area contributed by atoms with Crippen LogP contribution in [0, 0.1) is 11.8 Å². The van der Waals surface area contributed by atoms with E-state index in [1.807, 2.05) is 0 Å². The molecule has 0 spiro atoms. The highest BCUT2D eigenvalue weighted by molar-refractivity contribution is 8.13. The number of aromatic amines is 1. The van der Waals surface area contributed by atoms with Crippen LogP contribution in [-0.4, -0.2) is 23.6 Å². The van der Waals surface area contributed by atoms with E-state index in [4.69, 9.17) is 10.7 Å². The lowest BCUT2D eigenvalue weighted by Gasteiger charge is -1.96. The van der Waals surface area contributed by atoms with E-state index in [0.29, 0.717) is 23.6 Å². The fourth-order valence-corrected chi connectivity index (χ4v) is 3.31. The summed E-state index contributed by atoms with van der Waals surface area (Å²) in [6.07, 6.45) is 3.72. The van der Waals surface area contributed by atoms with Crippen LogP contribution in [0.15, 0.2) is 5.16 Å². The molecule has 2 aliphatic rings. The third-order valence-electron chi connectivity index (χ3n) is 3.42. The molecule has 1 heterocycles. The summed E-state index contributed by atoms with van der Waals surface area (Å²) in [6.45, 7) is 0. The molecular formula is C8H10ClN3O2S. The SMILES string of the molecule is O=S(=O)(Cl)c1n[nH]c(C2C3CCCC32)n1. The highest BCUT2D eigenvalue weighted by atomic mass is 35.7. The molecule has 2 unspecified atom stereocenters. The van der Waals surface area contributed by atoms with Crippen LogP contribution >= 0.6 is 10.7 Å². The Morgan fingerprint density at radius 2 is 2.00 bits per heavy atom. The van der Waals surface area contributed by atoms with Crippen molar-refractivity contribution in [3.63, 3.8) is 0 Å². The Kier molecular flexibility index (Phi) is 1.88. The maximum atomic E-state index is 11.0. The van der Waals surface area contributed by atoms with Gasteiger partial charge in [-0.25, -0.2) is 13.4 Å². The van der Waals surface area contributed by atoms with Crippen LogP contribution in [0.3, 0.4) is 0 Å². The van der Waals surface area contributed by atoms with Crippen molar-refractivity contribution in [1.82, 2.24) is 15.2 Å². The summed E-state index contributed by atoms with van der Waals surface area (Å²) < 4.78 is 21.9. The predicted octanol–water partition coefficient (Wildman–Crippen LogP) is 1.25. The van der Waals surface area contributed by atoms with E-state index in [0.717, 1.165) is 0 Å². The monoisotopic (exact) mass is 247 g/mol. The molecule has 0 amide bonds. The predicted molar refractivity (Wildman–Crippen MR) is 53.0 cm³/mol. The van der Waals surface area contributed by atoms with Gasteiger partial charge in [-0.05, 0) is 24.7 Å². The molecular weight excluding hydrogens is 238 g/mol. The summed E-state index contributed by atoms with van der Waals surface area (Å²) in [4.78, 5) is 3.94. The molecule has 82 valence electrons. The first-order chi connectivity index (χ1) is 7.07. The number of H-pyrrole nitrogens is 1. The number of aromatic nitrogens is 3. The van der Waals surface area contributed by atoms with Gasteiger partial charge in [0.25, 0.3) is 14.2 Å². The second kappa shape index (κ2) is 2.95. The average Bonchev–Trinajstić information content (AvgIpc) is 2.60. The van der Waals surface area contributed by atoms with Crippen LogP contribution in [0.2, 0.25) is 0 Å². The molecule has 1 N–H and O–H groups in total. The molecule has 7 heteroatoms. The molecule has 0 saturated heterocycles. The van der Waals surface area contributed by atoms with Crippen molar-refractivity contribution in [1.29, 1.82) is 0 Å². The Morgan fingerprint density at radius 1 is 1.33 bits per heavy atom. The largest absolute Gasteiger partial charge is 0.298 e. The molecule has 0 bridgehead atoms. The lowest BCUT2D eigenvalue weighted by Crippen LogP contribution is -1.94. The van der Waals surface area contributed by atoms with E-state index in [1.165, 1.54) is 19.3 Å². The average molecular weight is 248 g/mol. The molecule has 15 heavy (non-hydrogen) atoms. The number of nitrogens with zero attached hydrogens (tertiary/aromatic N) is 2. The quantitative estimate of drug-likeness (QED) is 0.798. The molecule has 2 fully saturated rings. The van der Waals surface area contributed by atoms with Gasteiger partial charge in [0.05, 0.1) is 0 Å². The normalized spacial score (nSPS) is 34.1. The lowest BCUT2D eigenvalue weighted by molar-refractivity contribution is 0.601. The molecule has 2 atom stereocenters. The third-order valence-corrected chi connectivity index (χ3v) is 4.46. The van der Waals surface area contributed by atoms with E-state index in [9.17, 15) is 8.42 Å². The van der Waals surface area contributed by atoms with Crippen molar-refractivity contribution < 1.29 is 8.42 Å². The summed E-state index contributed by atoms with van der Waals surface area (Å²) in [5, 5.41) is 6.00. The Balaban J connectivity index is 1.87. The number of fused-ring (bicyclic) bond motifs is 1. The number of rotatable bonds is 2. The van der Waals surface area contributed by atoms with Crippen LogP contribution < -0.4 is 0 Å². The summed E-state index contributed by atoms with van der Waals surface area (Å²) in [5.41, 5.74) is 0. The van der Waals surface area contributed by atoms with Crippen LogP contribution in [0.5, 0.6) is 0 Å². The van der Waals surface area contributed by atoms with Gasteiger partial charge in [0.2, 0.25) is 0 Å². The van der Waals surface area contributed by atoms with Crippen LogP contribution in [-0.2, 0) is 9.05 Å². The van der Waals surface area contributed by atoms with Crippen molar-refractivity contribution >= 4 is 19.7 Å². The molecule has 2 saturated carbocycles. The van der Waals surface area contributed by atoms with Gasteiger partial charge in [-0.2, -0.15) is 0 Å². The zero-order chi connectivity index (χ0) is 10.6. The summed E-state index contributed by atoms with van der Waals surface area (Å²) >= 11 is 0. The molecule has 2 aliphatic carbocycles. The second-order valence-electron chi connectivity index (χ2n) is 4.23. The Morgan fingerprint density at radius 3 is 2.53 bits per heavy atom. The second-order valence-corrected chi connectivity index (χ2v) is 6.69. The van der Waals surface area contributed by atoms with Gasteiger partial charge >= 0.3 is 0 Å². The maximum absolute atomic E-state index is 11.0. The topological polar surface area (TPSA) is 75.7 Å². The Hall–Kier alpha value is -0.620. The molecule has 0 aliphatic heterocycles. The minimum atomic E-state index is -3.79. The fraction of sp³-hybridized carbons (Fsp3) is 0.750. The van der Waals surface area contributed by atoms with E-state index >= 15 is 0 Å². The van der Waals surface area contributed by atoms with Gasteiger partial charge in [-0.3, -0.25) is 5.10 Å². The highest BCUT2D eigenvalue weighted by Crippen LogP contribution is 2.62. The third kappa shape index (κ3) is 1.47. The van der Waals surface area contributed by atoms with Crippen LogP contribution in [0.4, 0.5) is 0 Å². The van der Waals surface area contributed by atoms with Crippen molar-refractivity contribution in [2.45, 2.75) is 30.3 Å². The van der Waals surface area contributed by atoms with Crippen molar-refractivity contribution in [2.24, 2.45) is 11.8 Å². The molecule has 0 aromatic carbocycles. The summed E-state index contributed by atoms with van der Waals surface area (Å²) in [6, 6.07) is 0. The van der Waals surface area contributed by atoms with Gasteiger partial charge in [-0.1, -0.05) is 6.42 Å². The highest BCUT2D eigenvalue weighted by Gasteiger charge is 2.55. The molecule has 5 nitrogen and oxygen atoms in total. The number of hydrogen-bond acceptors (Lipinski definition) is 4. The molecule has 1 aromatic rings. The fourth-order valence-electron chi connectivity index (χ4n) is 2.74. The van der Waals surface area contributed by atoms with E-state index in [2.05, 4.69) is 15.2 Å². The standard InChI is InChI=1S/C8H10ClN3O2S/c9-15(13,14)8-10-7(11-12-8)6-4-2-1-3-5(4)6/h4-6H,1-3H2,(H,10,11,12). The first kappa shape index (κ1) is 9.59. The number of halogens is 1. The minimum Gasteiger partial charge on any atom is -0.262 e. The van der Waals surface area contributed by atoms with E-state index in [-0.39, 0.29) is 5.16 Å². The Labute approximate surface area is 91.7 Å². The van der Waals surface area contributed by atoms with Gasteiger partial charge in [0.1, 0.15) is 5.82 Å². The minimum absolute atomic E-state index is 0.302. The van der Waals surface area contributed by atoms with Crippen molar-refractivity contribution in [2.75, 3.05) is 0 Å².